The molecular formula is C24H27ClN2O2. The summed E-state index contributed by atoms with van der Waals surface area (Å²) < 4.78 is 7.34. The maximum Gasteiger partial charge on any atom is 0.254 e. The van der Waals surface area contributed by atoms with Crippen LogP contribution in [0, 0.1) is 6.92 Å². The molecule has 3 aromatic rings. The summed E-state index contributed by atoms with van der Waals surface area (Å²) in [6.45, 7) is 4.44. The van der Waals surface area contributed by atoms with Crippen LogP contribution in [0.5, 0.6) is 0 Å². The van der Waals surface area contributed by atoms with Gasteiger partial charge in [-0.05, 0) is 48.7 Å². The smallest absolute Gasteiger partial charge is 0.254 e. The molecule has 5 heteroatoms. The first-order valence-electron chi connectivity index (χ1n) is 9.81. The fourth-order valence-corrected chi connectivity index (χ4v) is 3.58. The molecule has 1 heterocycles. The molecular weight excluding hydrogens is 384 g/mol. The first-order chi connectivity index (χ1) is 14.1. The number of ether oxygens (including phenoxy) is 1. The van der Waals surface area contributed by atoms with Crippen LogP contribution >= 0.6 is 11.6 Å². The molecule has 0 N–H and O–H groups in total. The van der Waals surface area contributed by atoms with E-state index in [2.05, 4.69) is 10.6 Å². The zero-order valence-corrected chi connectivity index (χ0v) is 17.7. The number of carbonyl (C=O) groups excluding carboxylic acids is 1. The van der Waals surface area contributed by atoms with Gasteiger partial charge in [0.2, 0.25) is 0 Å². The number of hydrogen-bond acceptors (Lipinski definition) is 2. The highest BCUT2D eigenvalue weighted by Gasteiger charge is 2.19. The number of aryl methyl sites for hydroxylation is 1. The normalized spacial score (nSPS) is 10.9. The van der Waals surface area contributed by atoms with Gasteiger partial charge < -0.3 is 14.2 Å². The highest BCUT2D eigenvalue weighted by atomic mass is 35.5. The standard InChI is InChI=1S/C24H27ClN2O2/c1-19-9-3-5-12-22(19)24(28)27(15-8-16-29-2)18-21-11-7-14-26(21)17-20-10-4-6-13-23(20)25/h3-7,9-14H,8,15-18H2,1-2H3. The van der Waals surface area contributed by atoms with Gasteiger partial charge in [0.1, 0.15) is 0 Å². The van der Waals surface area contributed by atoms with E-state index in [1.807, 2.05) is 72.6 Å². The summed E-state index contributed by atoms with van der Waals surface area (Å²) in [5.74, 6) is 0.0460. The lowest BCUT2D eigenvalue weighted by Gasteiger charge is -2.24. The number of halogens is 1. The largest absolute Gasteiger partial charge is 0.385 e. The molecule has 0 aliphatic rings. The van der Waals surface area contributed by atoms with E-state index in [1.54, 1.807) is 7.11 Å². The van der Waals surface area contributed by atoms with Crippen LogP contribution in [0.15, 0.2) is 66.9 Å². The number of hydrogen-bond donors (Lipinski definition) is 0. The maximum atomic E-state index is 13.3. The van der Waals surface area contributed by atoms with Gasteiger partial charge in [-0.3, -0.25) is 4.79 Å². The molecule has 0 atom stereocenters. The molecule has 4 nitrogen and oxygen atoms in total. The molecule has 0 aliphatic heterocycles. The van der Waals surface area contributed by atoms with Crippen LogP contribution in [0.3, 0.4) is 0 Å². The van der Waals surface area contributed by atoms with E-state index >= 15 is 0 Å². The van der Waals surface area contributed by atoms with Gasteiger partial charge in [-0.2, -0.15) is 0 Å². The van der Waals surface area contributed by atoms with Gasteiger partial charge in [0.05, 0.1) is 6.54 Å². The summed E-state index contributed by atoms with van der Waals surface area (Å²) in [5.41, 5.74) is 3.86. The van der Waals surface area contributed by atoms with Crippen LogP contribution in [0.25, 0.3) is 0 Å². The molecule has 0 spiro atoms. The monoisotopic (exact) mass is 410 g/mol. The Morgan fingerprint density at radius 1 is 1.07 bits per heavy atom. The van der Waals surface area contributed by atoms with Gasteiger partial charge in [0, 0.05) is 49.3 Å². The van der Waals surface area contributed by atoms with Gasteiger partial charge in [0.25, 0.3) is 5.91 Å². The second-order valence-electron chi connectivity index (χ2n) is 7.11. The summed E-state index contributed by atoms with van der Waals surface area (Å²) in [7, 11) is 1.68. The average Bonchev–Trinajstić information content (AvgIpc) is 3.15. The van der Waals surface area contributed by atoms with E-state index in [0.29, 0.717) is 26.2 Å². The molecule has 1 amide bonds. The first kappa shape index (κ1) is 21.2. The number of benzene rings is 2. The molecule has 0 radical (unpaired) electrons. The molecule has 0 saturated carbocycles. The van der Waals surface area contributed by atoms with Crippen LogP contribution in [0.4, 0.5) is 0 Å². The van der Waals surface area contributed by atoms with Crippen LogP contribution in [0.2, 0.25) is 5.02 Å². The lowest BCUT2D eigenvalue weighted by Crippen LogP contribution is -2.33. The van der Waals surface area contributed by atoms with Gasteiger partial charge in [-0.25, -0.2) is 0 Å². The summed E-state index contributed by atoms with van der Waals surface area (Å²) in [4.78, 5) is 15.2. The zero-order valence-electron chi connectivity index (χ0n) is 17.0. The Kier molecular flexibility index (Phi) is 7.50. The van der Waals surface area contributed by atoms with Crippen LogP contribution in [-0.2, 0) is 17.8 Å². The van der Waals surface area contributed by atoms with Gasteiger partial charge in [-0.1, -0.05) is 48.0 Å². The fourth-order valence-electron chi connectivity index (χ4n) is 3.39. The minimum atomic E-state index is 0.0460. The molecule has 0 bridgehead atoms. The second-order valence-corrected chi connectivity index (χ2v) is 7.51. The topological polar surface area (TPSA) is 34.5 Å². The molecule has 0 fully saturated rings. The molecule has 0 aliphatic carbocycles. The predicted octanol–water partition coefficient (Wildman–Crippen LogP) is 5.18. The van der Waals surface area contributed by atoms with Crippen molar-refractivity contribution in [1.29, 1.82) is 0 Å². The van der Waals surface area contributed by atoms with Crippen molar-refractivity contribution in [3.05, 3.63) is 94.3 Å². The van der Waals surface area contributed by atoms with E-state index in [0.717, 1.165) is 33.8 Å². The van der Waals surface area contributed by atoms with Crippen LogP contribution in [0.1, 0.15) is 33.6 Å². The van der Waals surface area contributed by atoms with Gasteiger partial charge in [-0.15, -0.1) is 0 Å². The number of nitrogens with zero attached hydrogens (tertiary/aromatic N) is 2. The molecule has 2 aromatic carbocycles. The van der Waals surface area contributed by atoms with E-state index in [9.17, 15) is 4.79 Å². The highest BCUT2D eigenvalue weighted by molar-refractivity contribution is 6.31. The SMILES string of the molecule is COCCCN(Cc1cccn1Cc1ccccc1Cl)C(=O)c1ccccc1C. The Bertz CT molecular complexity index is 951. The first-order valence-corrected chi connectivity index (χ1v) is 10.2. The lowest BCUT2D eigenvalue weighted by molar-refractivity contribution is 0.0719. The number of methoxy groups -OCH3 is 1. The van der Waals surface area contributed by atoms with Crippen molar-refractivity contribution >= 4 is 17.5 Å². The Hall–Kier alpha value is -2.56. The number of carbonyl (C=O) groups is 1. The average molecular weight is 411 g/mol. The molecule has 0 saturated heterocycles. The molecule has 0 unspecified atom stereocenters. The van der Waals surface area contributed by atoms with E-state index < -0.39 is 0 Å². The Morgan fingerprint density at radius 3 is 2.59 bits per heavy atom. The third-order valence-electron chi connectivity index (χ3n) is 5.01. The lowest BCUT2D eigenvalue weighted by atomic mass is 10.1. The summed E-state index contributed by atoms with van der Waals surface area (Å²) in [6, 6.07) is 19.7. The van der Waals surface area contributed by atoms with Crippen molar-refractivity contribution in [2.45, 2.75) is 26.4 Å². The summed E-state index contributed by atoms with van der Waals surface area (Å²) in [6.07, 6.45) is 2.82. The minimum Gasteiger partial charge on any atom is -0.385 e. The predicted molar refractivity (Wildman–Crippen MR) is 117 cm³/mol. The number of amides is 1. The van der Waals surface area contributed by atoms with Gasteiger partial charge >= 0.3 is 0 Å². The molecule has 29 heavy (non-hydrogen) atoms. The Labute approximate surface area is 177 Å². The molecule has 1 aromatic heterocycles. The maximum absolute atomic E-state index is 13.3. The Morgan fingerprint density at radius 2 is 1.83 bits per heavy atom. The van der Waals surface area contributed by atoms with Gasteiger partial charge in [0.15, 0.2) is 0 Å². The van der Waals surface area contributed by atoms with Crippen molar-refractivity contribution in [3.63, 3.8) is 0 Å². The molecule has 3 rings (SSSR count). The summed E-state index contributed by atoms with van der Waals surface area (Å²) >= 11 is 6.34. The molecule has 152 valence electrons. The second kappa shape index (κ2) is 10.3. The highest BCUT2D eigenvalue weighted by Crippen LogP contribution is 2.19. The minimum absolute atomic E-state index is 0.0460. The van der Waals surface area contributed by atoms with Crippen molar-refractivity contribution in [3.8, 4) is 0 Å². The van der Waals surface area contributed by atoms with Crippen molar-refractivity contribution in [2.24, 2.45) is 0 Å². The van der Waals surface area contributed by atoms with E-state index in [-0.39, 0.29) is 5.91 Å². The summed E-state index contributed by atoms with van der Waals surface area (Å²) in [5, 5.41) is 0.750. The van der Waals surface area contributed by atoms with Crippen LogP contribution < -0.4 is 0 Å². The Balaban J connectivity index is 1.81. The third-order valence-corrected chi connectivity index (χ3v) is 5.38. The number of aromatic nitrogens is 1. The zero-order chi connectivity index (χ0) is 20.6. The fraction of sp³-hybridized carbons (Fsp3) is 0.292. The van der Waals surface area contributed by atoms with Crippen LogP contribution in [-0.4, -0.2) is 35.6 Å². The van der Waals surface area contributed by atoms with Crippen molar-refractivity contribution in [1.82, 2.24) is 9.47 Å². The van der Waals surface area contributed by atoms with E-state index in [1.165, 1.54) is 0 Å². The van der Waals surface area contributed by atoms with E-state index in [4.69, 9.17) is 16.3 Å². The quantitative estimate of drug-likeness (QED) is 0.455. The van der Waals surface area contributed by atoms with Crippen molar-refractivity contribution < 1.29 is 9.53 Å². The number of rotatable bonds is 9. The van der Waals surface area contributed by atoms with Crippen molar-refractivity contribution in [2.75, 3.05) is 20.3 Å². The third kappa shape index (κ3) is 5.49.